The maximum Gasteiger partial charge on any atom is 0.352 e. The molecule has 0 radical (unpaired) electrons. The van der Waals surface area contributed by atoms with E-state index in [4.69, 9.17) is 4.74 Å². The molecule has 2 heterocycles. The van der Waals surface area contributed by atoms with Gasteiger partial charge in [0.05, 0.1) is 12.8 Å². The van der Waals surface area contributed by atoms with Gasteiger partial charge in [0.25, 0.3) is 0 Å². The number of nitrogens with zero attached hydrogens (tertiary/aromatic N) is 4. The molecule has 2 aromatic heterocycles. The topological polar surface area (TPSA) is 78.5 Å². The monoisotopic (exact) mass is 392 g/mol. The number of fused-ring (bicyclic) bond motifs is 1. The molecule has 8 heteroatoms. The SMILES string of the molecule is COc1ccc(-c2cc3nn(CC(=O)c4ccc(F)cc4)c(=O)n3c(C)n2)cc1. The normalized spacial score (nSPS) is 11.0. The molecule has 4 aromatic rings. The van der Waals surface area contributed by atoms with E-state index in [-0.39, 0.29) is 12.3 Å². The van der Waals surface area contributed by atoms with E-state index < -0.39 is 11.5 Å². The van der Waals surface area contributed by atoms with Gasteiger partial charge in [-0.05, 0) is 55.5 Å². The minimum absolute atomic E-state index is 0.247. The molecule has 0 aliphatic rings. The fraction of sp³-hybridized carbons (Fsp3) is 0.143. The number of rotatable bonds is 5. The van der Waals surface area contributed by atoms with E-state index in [0.717, 1.165) is 16.0 Å². The van der Waals surface area contributed by atoms with Crippen molar-refractivity contribution in [3.63, 3.8) is 0 Å². The fourth-order valence-electron chi connectivity index (χ4n) is 3.08. The van der Waals surface area contributed by atoms with Crippen molar-refractivity contribution < 1.29 is 13.9 Å². The summed E-state index contributed by atoms with van der Waals surface area (Å²) in [5.74, 6) is 0.417. The zero-order valence-electron chi connectivity index (χ0n) is 15.8. The van der Waals surface area contributed by atoms with E-state index in [1.165, 1.54) is 28.7 Å². The van der Waals surface area contributed by atoms with Gasteiger partial charge in [-0.2, -0.15) is 0 Å². The Morgan fingerprint density at radius 1 is 1.10 bits per heavy atom. The third-order valence-corrected chi connectivity index (χ3v) is 4.58. The van der Waals surface area contributed by atoms with Crippen LogP contribution >= 0.6 is 0 Å². The predicted molar refractivity (Wildman–Crippen MR) is 105 cm³/mol. The second-order valence-corrected chi connectivity index (χ2v) is 6.48. The molecule has 0 saturated carbocycles. The standard InChI is InChI=1S/C21H17FN4O3/c1-13-23-18(14-5-9-17(29-2)10-6-14)11-20-24-25(21(28)26(13)20)12-19(27)15-3-7-16(22)8-4-15/h3-11H,12H2,1-2H3. The number of methoxy groups -OCH3 is 1. The van der Waals surface area contributed by atoms with E-state index in [9.17, 15) is 14.0 Å². The van der Waals surface area contributed by atoms with Crippen molar-refractivity contribution >= 4 is 11.4 Å². The van der Waals surface area contributed by atoms with Crippen LogP contribution in [0.3, 0.4) is 0 Å². The van der Waals surface area contributed by atoms with E-state index in [0.29, 0.717) is 22.7 Å². The summed E-state index contributed by atoms with van der Waals surface area (Å²) in [5.41, 5.74) is 1.74. The van der Waals surface area contributed by atoms with Crippen molar-refractivity contribution in [3.8, 4) is 17.0 Å². The number of benzene rings is 2. The molecule has 29 heavy (non-hydrogen) atoms. The summed E-state index contributed by atoms with van der Waals surface area (Å²) in [6, 6.07) is 14.2. The van der Waals surface area contributed by atoms with Crippen LogP contribution in [0.5, 0.6) is 5.75 Å². The van der Waals surface area contributed by atoms with Crippen LogP contribution in [0.2, 0.25) is 0 Å². The Morgan fingerprint density at radius 2 is 1.79 bits per heavy atom. The van der Waals surface area contributed by atoms with Gasteiger partial charge in [-0.15, -0.1) is 5.10 Å². The first-order valence-electron chi connectivity index (χ1n) is 8.86. The number of hydrogen-bond donors (Lipinski definition) is 0. The highest BCUT2D eigenvalue weighted by atomic mass is 19.1. The van der Waals surface area contributed by atoms with Crippen LogP contribution in [0.4, 0.5) is 4.39 Å². The molecule has 0 fully saturated rings. The second-order valence-electron chi connectivity index (χ2n) is 6.48. The molecule has 0 N–H and O–H groups in total. The largest absolute Gasteiger partial charge is 0.497 e. The average Bonchev–Trinajstić information content (AvgIpc) is 3.04. The lowest BCUT2D eigenvalue weighted by molar-refractivity contribution is 0.0966. The Hall–Kier alpha value is -3.81. The number of ether oxygens (including phenoxy) is 1. The number of Topliss-reactive ketones (excluding diaryl/α,β-unsaturated/α-hetero) is 1. The molecule has 0 unspecified atom stereocenters. The van der Waals surface area contributed by atoms with Gasteiger partial charge < -0.3 is 4.74 Å². The molecular weight excluding hydrogens is 375 g/mol. The average molecular weight is 392 g/mol. The highest BCUT2D eigenvalue weighted by Crippen LogP contribution is 2.21. The summed E-state index contributed by atoms with van der Waals surface area (Å²) in [5, 5.41) is 4.28. The summed E-state index contributed by atoms with van der Waals surface area (Å²) < 4.78 is 20.7. The minimum Gasteiger partial charge on any atom is -0.497 e. The molecule has 0 bridgehead atoms. The Morgan fingerprint density at radius 3 is 2.45 bits per heavy atom. The number of ketones is 1. The van der Waals surface area contributed by atoms with Crippen molar-refractivity contribution in [2.45, 2.75) is 13.5 Å². The Labute approximate surface area is 165 Å². The Balaban J connectivity index is 1.70. The number of carbonyl (C=O) groups excluding carboxylic acids is 1. The van der Waals surface area contributed by atoms with Crippen LogP contribution < -0.4 is 10.4 Å². The predicted octanol–water partition coefficient (Wildman–Crippen LogP) is 2.90. The zero-order valence-corrected chi connectivity index (χ0v) is 15.8. The van der Waals surface area contributed by atoms with Gasteiger partial charge in [0.15, 0.2) is 11.4 Å². The number of aromatic nitrogens is 4. The summed E-state index contributed by atoms with van der Waals surface area (Å²) in [4.78, 5) is 29.6. The van der Waals surface area contributed by atoms with E-state index in [1.807, 2.05) is 24.3 Å². The lowest BCUT2D eigenvalue weighted by Gasteiger charge is -2.05. The molecule has 4 rings (SSSR count). The number of halogens is 1. The van der Waals surface area contributed by atoms with Crippen LogP contribution in [-0.2, 0) is 6.54 Å². The smallest absolute Gasteiger partial charge is 0.352 e. The van der Waals surface area contributed by atoms with Gasteiger partial charge in [-0.1, -0.05) is 0 Å². The molecule has 7 nitrogen and oxygen atoms in total. The van der Waals surface area contributed by atoms with Gasteiger partial charge in [-0.25, -0.2) is 23.3 Å². The number of hydrogen-bond acceptors (Lipinski definition) is 5. The van der Waals surface area contributed by atoms with Crippen LogP contribution in [0.15, 0.2) is 59.4 Å². The molecule has 0 aliphatic carbocycles. The van der Waals surface area contributed by atoms with Crippen LogP contribution in [0.25, 0.3) is 16.9 Å². The van der Waals surface area contributed by atoms with Gasteiger partial charge >= 0.3 is 5.69 Å². The lowest BCUT2D eigenvalue weighted by Crippen LogP contribution is -2.26. The van der Waals surface area contributed by atoms with Crippen molar-refractivity contribution in [1.82, 2.24) is 19.2 Å². The number of aryl methyl sites for hydroxylation is 1. The van der Waals surface area contributed by atoms with Gasteiger partial charge in [-0.3, -0.25) is 4.79 Å². The molecule has 2 aromatic carbocycles. The summed E-state index contributed by atoms with van der Waals surface area (Å²) in [6.45, 7) is 1.46. The molecule has 146 valence electrons. The van der Waals surface area contributed by atoms with Gasteiger partial charge in [0, 0.05) is 17.2 Å². The van der Waals surface area contributed by atoms with E-state index in [2.05, 4.69) is 10.1 Å². The Bertz CT molecular complexity index is 1260. The molecule has 0 spiro atoms. The second kappa shape index (κ2) is 7.31. The maximum absolute atomic E-state index is 13.0. The minimum atomic E-state index is -0.457. The maximum atomic E-state index is 13.0. The van der Waals surface area contributed by atoms with Crippen LogP contribution in [0, 0.1) is 12.7 Å². The quantitative estimate of drug-likeness (QED) is 0.488. The van der Waals surface area contributed by atoms with Crippen LogP contribution in [0.1, 0.15) is 16.2 Å². The van der Waals surface area contributed by atoms with E-state index >= 15 is 0 Å². The van der Waals surface area contributed by atoms with Crippen molar-refractivity contribution in [1.29, 1.82) is 0 Å². The first kappa shape index (κ1) is 18.5. The first-order chi connectivity index (χ1) is 14.0. The highest BCUT2D eigenvalue weighted by Gasteiger charge is 2.15. The molecular formula is C21H17FN4O3. The number of carbonyl (C=O) groups is 1. The van der Waals surface area contributed by atoms with Gasteiger partial charge in [0.1, 0.15) is 23.9 Å². The highest BCUT2D eigenvalue weighted by molar-refractivity contribution is 5.95. The summed E-state index contributed by atoms with van der Waals surface area (Å²) >= 11 is 0. The van der Waals surface area contributed by atoms with Crippen molar-refractivity contribution in [2.24, 2.45) is 0 Å². The van der Waals surface area contributed by atoms with Crippen molar-refractivity contribution in [3.05, 3.63) is 82.3 Å². The van der Waals surface area contributed by atoms with E-state index in [1.54, 1.807) is 20.1 Å². The molecule has 0 saturated heterocycles. The third-order valence-electron chi connectivity index (χ3n) is 4.58. The summed E-state index contributed by atoms with van der Waals surface area (Å²) in [7, 11) is 1.59. The summed E-state index contributed by atoms with van der Waals surface area (Å²) in [6.07, 6.45) is 0. The molecule has 0 amide bonds. The van der Waals surface area contributed by atoms with Gasteiger partial charge in [0.2, 0.25) is 0 Å². The van der Waals surface area contributed by atoms with Crippen molar-refractivity contribution in [2.75, 3.05) is 7.11 Å². The van der Waals surface area contributed by atoms with Crippen LogP contribution in [-0.4, -0.2) is 32.1 Å². The fourth-order valence-corrected chi connectivity index (χ4v) is 3.08. The molecule has 0 atom stereocenters. The first-order valence-corrected chi connectivity index (χ1v) is 8.86. The Kier molecular flexibility index (Phi) is 4.67. The third kappa shape index (κ3) is 3.52. The zero-order chi connectivity index (χ0) is 20.5. The molecule has 0 aliphatic heterocycles. The lowest BCUT2D eigenvalue weighted by atomic mass is 10.1.